The van der Waals surface area contributed by atoms with Crippen LogP contribution in [0, 0.1) is 19.7 Å². The molecule has 0 unspecified atom stereocenters. The molecule has 4 rings (SSSR count). The molecule has 0 bridgehead atoms. The van der Waals surface area contributed by atoms with E-state index in [0.29, 0.717) is 28.4 Å². The van der Waals surface area contributed by atoms with Crippen LogP contribution < -0.4 is 10.1 Å². The molecule has 0 saturated heterocycles. The van der Waals surface area contributed by atoms with Crippen molar-refractivity contribution in [2.24, 2.45) is 0 Å². The Bertz CT molecular complexity index is 1470. The van der Waals surface area contributed by atoms with Crippen molar-refractivity contribution in [3.05, 3.63) is 94.8 Å². The van der Waals surface area contributed by atoms with Gasteiger partial charge in [0, 0.05) is 10.6 Å². The number of aryl methyl sites for hydroxylation is 1. The van der Waals surface area contributed by atoms with Crippen molar-refractivity contribution < 1.29 is 18.3 Å². The summed E-state index contributed by atoms with van der Waals surface area (Å²) in [5, 5.41) is 7.46. The minimum absolute atomic E-state index is 0.00388. The van der Waals surface area contributed by atoms with Crippen LogP contribution in [-0.4, -0.2) is 15.7 Å². The number of nitrogens with zero attached hydrogens (tertiary/aromatic N) is 2. The van der Waals surface area contributed by atoms with E-state index in [2.05, 4.69) is 10.4 Å². The van der Waals surface area contributed by atoms with Crippen LogP contribution in [0.5, 0.6) is 5.75 Å². The standard InChI is InChI=1S/C24H16Cl6FN3O3/c1-10-22(11(2)34(33-10)8-13-14(25)4-3-5-15(13)31)32-24(35)16-7-6-12(37-16)9-36-23-20(29)18(27)17(26)19(28)21(23)30/h3-7H,8-9H2,1-2H3,(H,32,35). The van der Waals surface area contributed by atoms with E-state index in [1.807, 2.05) is 0 Å². The van der Waals surface area contributed by atoms with E-state index in [1.54, 1.807) is 30.7 Å². The number of ether oxygens (including phenoxy) is 1. The van der Waals surface area contributed by atoms with Crippen LogP contribution in [0.2, 0.25) is 30.1 Å². The van der Waals surface area contributed by atoms with Crippen LogP contribution in [0.4, 0.5) is 10.1 Å². The van der Waals surface area contributed by atoms with Gasteiger partial charge in [-0.15, -0.1) is 0 Å². The quantitative estimate of drug-likeness (QED) is 0.164. The lowest BCUT2D eigenvalue weighted by Crippen LogP contribution is -2.13. The van der Waals surface area contributed by atoms with Crippen molar-refractivity contribution in [1.29, 1.82) is 0 Å². The summed E-state index contributed by atoms with van der Waals surface area (Å²) in [6.07, 6.45) is 0. The summed E-state index contributed by atoms with van der Waals surface area (Å²) in [4.78, 5) is 12.9. The molecule has 37 heavy (non-hydrogen) atoms. The van der Waals surface area contributed by atoms with Crippen molar-refractivity contribution in [1.82, 2.24) is 9.78 Å². The summed E-state index contributed by atoms with van der Waals surface area (Å²) in [6, 6.07) is 7.49. The summed E-state index contributed by atoms with van der Waals surface area (Å²) < 4.78 is 27.0. The molecule has 0 atom stereocenters. The first-order valence-electron chi connectivity index (χ1n) is 10.5. The molecule has 2 heterocycles. The molecule has 6 nitrogen and oxygen atoms in total. The van der Waals surface area contributed by atoms with Crippen molar-refractivity contribution >= 4 is 81.2 Å². The zero-order valence-electron chi connectivity index (χ0n) is 19.1. The van der Waals surface area contributed by atoms with Crippen LogP contribution >= 0.6 is 69.6 Å². The molecule has 2 aromatic carbocycles. The van der Waals surface area contributed by atoms with E-state index in [-0.39, 0.29) is 54.8 Å². The molecule has 4 aromatic rings. The zero-order chi connectivity index (χ0) is 27.0. The molecular formula is C24H16Cl6FN3O3. The minimum atomic E-state index is -0.519. The van der Waals surface area contributed by atoms with E-state index in [9.17, 15) is 9.18 Å². The lowest BCUT2D eigenvalue weighted by atomic mass is 10.2. The number of amides is 1. The SMILES string of the molecule is Cc1nn(Cc2c(F)cccc2Cl)c(C)c1NC(=O)c1ccc(COc2c(Cl)c(Cl)c(Cl)c(Cl)c2Cl)o1. The molecule has 194 valence electrons. The maximum Gasteiger partial charge on any atom is 0.291 e. The number of nitrogens with one attached hydrogen (secondary N) is 1. The van der Waals surface area contributed by atoms with Gasteiger partial charge in [-0.05, 0) is 38.1 Å². The Morgan fingerprint density at radius 2 is 1.65 bits per heavy atom. The van der Waals surface area contributed by atoms with Gasteiger partial charge in [-0.2, -0.15) is 5.10 Å². The average molecular weight is 626 g/mol. The molecule has 0 aliphatic carbocycles. The molecule has 0 saturated carbocycles. The Kier molecular flexibility index (Phi) is 8.53. The number of hydrogen-bond acceptors (Lipinski definition) is 4. The third-order valence-electron chi connectivity index (χ3n) is 5.40. The van der Waals surface area contributed by atoms with Crippen LogP contribution in [0.15, 0.2) is 34.7 Å². The van der Waals surface area contributed by atoms with Crippen LogP contribution in [0.3, 0.4) is 0 Å². The van der Waals surface area contributed by atoms with E-state index >= 15 is 0 Å². The molecule has 0 fully saturated rings. The molecule has 1 amide bonds. The van der Waals surface area contributed by atoms with Crippen LogP contribution in [0.1, 0.15) is 33.3 Å². The van der Waals surface area contributed by atoms with Crippen molar-refractivity contribution in [2.45, 2.75) is 27.0 Å². The smallest absolute Gasteiger partial charge is 0.291 e. The second-order valence-electron chi connectivity index (χ2n) is 7.81. The molecular weight excluding hydrogens is 610 g/mol. The minimum Gasteiger partial charge on any atom is -0.482 e. The highest BCUT2D eigenvalue weighted by atomic mass is 35.5. The Balaban J connectivity index is 1.47. The zero-order valence-corrected chi connectivity index (χ0v) is 23.6. The fraction of sp³-hybridized carbons (Fsp3) is 0.167. The Morgan fingerprint density at radius 1 is 1.00 bits per heavy atom. The molecule has 13 heteroatoms. The first-order chi connectivity index (χ1) is 17.5. The molecule has 0 spiro atoms. The molecule has 0 aliphatic rings. The first kappa shape index (κ1) is 27.9. The number of halogens is 7. The average Bonchev–Trinajstić information content (AvgIpc) is 3.44. The Labute approximate surface area is 241 Å². The number of hydrogen-bond donors (Lipinski definition) is 1. The fourth-order valence-electron chi connectivity index (χ4n) is 3.47. The van der Waals surface area contributed by atoms with E-state index < -0.39 is 11.7 Å². The van der Waals surface area contributed by atoms with Crippen molar-refractivity contribution in [3.63, 3.8) is 0 Å². The molecule has 2 aromatic heterocycles. The first-order valence-corrected chi connectivity index (χ1v) is 12.8. The topological polar surface area (TPSA) is 69.3 Å². The van der Waals surface area contributed by atoms with Gasteiger partial charge < -0.3 is 14.5 Å². The second kappa shape index (κ2) is 11.3. The Morgan fingerprint density at radius 3 is 2.30 bits per heavy atom. The number of benzene rings is 2. The number of furan rings is 1. The highest BCUT2D eigenvalue weighted by Gasteiger charge is 2.22. The monoisotopic (exact) mass is 623 g/mol. The summed E-state index contributed by atoms with van der Waals surface area (Å²) in [6.45, 7) is 3.45. The fourth-order valence-corrected chi connectivity index (χ4v) is 4.93. The van der Waals surface area contributed by atoms with Gasteiger partial charge in [0.1, 0.15) is 28.2 Å². The van der Waals surface area contributed by atoms with Gasteiger partial charge in [-0.3, -0.25) is 9.48 Å². The highest BCUT2D eigenvalue weighted by molar-refractivity contribution is 6.55. The van der Waals surface area contributed by atoms with Gasteiger partial charge in [-0.1, -0.05) is 75.7 Å². The van der Waals surface area contributed by atoms with Gasteiger partial charge in [0.25, 0.3) is 5.91 Å². The number of rotatable bonds is 7. The van der Waals surface area contributed by atoms with Crippen molar-refractivity contribution in [3.8, 4) is 5.75 Å². The van der Waals surface area contributed by atoms with Gasteiger partial charge >= 0.3 is 0 Å². The van der Waals surface area contributed by atoms with Gasteiger partial charge in [0.05, 0.1) is 38.7 Å². The second-order valence-corrected chi connectivity index (χ2v) is 10.1. The largest absolute Gasteiger partial charge is 0.482 e. The molecule has 0 radical (unpaired) electrons. The normalized spacial score (nSPS) is 11.2. The lowest BCUT2D eigenvalue weighted by molar-refractivity contribution is 0.0992. The van der Waals surface area contributed by atoms with Crippen molar-refractivity contribution in [2.75, 3.05) is 5.32 Å². The van der Waals surface area contributed by atoms with Crippen LogP contribution in [0.25, 0.3) is 0 Å². The molecule has 1 N–H and O–H groups in total. The maximum absolute atomic E-state index is 14.2. The summed E-state index contributed by atoms with van der Waals surface area (Å²) >= 11 is 36.6. The third kappa shape index (κ3) is 5.67. The summed E-state index contributed by atoms with van der Waals surface area (Å²) in [5.74, 6) is -0.612. The predicted octanol–water partition coefficient (Wildman–Crippen LogP) is 9.03. The number of carbonyl (C=O) groups excluding carboxylic acids is 1. The lowest BCUT2D eigenvalue weighted by Gasteiger charge is -2.12. The maximum atomic E-state index is 14.2. The van der Waals surface area contributed by atoms with Gasteiger partial charge in [0.15, 0.2) is 11.5 Å². The van der Waals surface area contributed by atoms with Gasteiger partial charge in [0.2, 0.25) is 0 Å². The Hall–Kier alpha value is -2.13. The summed E-state index contributed by atoms with van der Waals surface area (Å²) in [5.41, 5.74) is 1.91. The number of aromatic nitrogens is 2. The van der Waals surface area contributed by atoms with Gasteiger partial charge in [-0.25, -0.2) is 4.39 Å². The highest BCUT2D eigenvalue weighted by Crippen LogP contribution is 2.48. The van der Waals surface area contributed by atoms with E-state index in [0.717, 1.165) is 0 Å². The van der Waals surface area contributed by atoms with E-state index in [1.165, 1.54) is 18.2 Å². The third-order valence-corrected chi connectivity index (χ3v) is 8.00. The molecule has 0 aliphatic heterocycles. The summed E-state index contributed by atoms with van der Waals surface area (Å²) in [7, 11) is 0. The van der Waals surface area contributed by atoms with E-state index in [4.69, 9.17) is 78.8 Å². The number of anilines is 1. The predicted molar refractivity (Wildman–Crippen MR) is 145 cm³/mol. The van der Waals surface area contributed by atoms with Crippen LogP contribution in [-0.2, 0) is 13.2 Å². The number of carbonyl (C=O) groups is 1.